The molecule has 0 spiro atoms. The van der Waals surface area contributed by atoms with Crippen LogP contribution in [0.25, 0.3) is 0 Å². The molecule has 1 aliphatic heterocycles. The molecule has 0 radical (unpaired) electrons. The normalized spacial score (nSPS) is 16.8. The highest BCUT2D eigenvalue weighted by molar-refractivity contribution is 5.89. The maximum Gasteiger partial charge on any atom is 0.322 e. The van der Waals surface area contributed by atoms with Gasteiger partial charge in [0.1, 0.15) is 5.82 Å². The summed E-state index contributed by atoms with van der Waals surface area (Å²) in [5.41, 5.74) is 1.14. The van der Waals surface area contributed by atoms with Crippen LogP contribution in [0.4, 0.5) is 14.9 Å². The number of amides is 2. The summed E-state index contributed by atoms with van der Waals surface area (Å²) in [4.78, 5) is 18.3. The Balaban J connectivity index is 1.72. The van der Waals surface area contributed by atoms with Gasteiger partial charge >= 0.3 is 6.03 Å². The summed E-state index contributed by atoms with van der Waals surface area (Å²) in [7, 11) is 0. The highest BCUT2D eigenvalue weighted by Gasteiger charge is 2.23. The number of urea groups is 1. The van der Waals surface area contributed by atoms with Gasteiger partial charge in [-0.3, -0.25) is 4.98 Å². The molecule has 1 fully saturated rings. The number of halogens is 1. The average Bonchev–Trinajstić information content (AvgIpc) is 3.10. The van der Waals surface area contributed by atoms with Gasteiger partial charge in [-0.1, -0.05) is 12.1 Å². The first-order valence-corrected chi connectivity index (χ1v) is 8.03. The van der Waals surface area contributed by atoms with E-state index in [9.17, 15) is 9.18 Å². The minimum Gasteiger partial charge on any atom is -0.376 e. The monoisotopic (exact) mass is 329 g/mol. The third-order valence-electron chi connectivity index (χ3n) is 3.97. The Morgan fingerprint density at radius 2 is 2.08 bits per heavy atom. The Morgan fingerprint density at radius 1 is 1.29 bits per heavy atom. The average molecular weight is 329 g/mol. The van der Waals surface area contributed by atoms with Crippen LogP contribution in [0, 0.1) is 5.82 Å². The quantitative estimate of drug-likeness (QED) is 0.914. The van der Waals surface area contributed by atoms with Gasteiger partial charge in [-0.2, -0.15) is 0 Å². The van der Waals surface area contributed by atoms with Crippen molar-refractivity contribution in [1.29, 1.82) is 0 Å². The summed E-state index contributed by atoms with van der Waals surface area (Å²) in [6, 6.07) is 9.52. The largest absolute Gasteiger partial charge is 0.376 e. The molecule has 1 aromatic carbocycles. The van der Waals surface area contributed by atoms with Gasteiger partial charge < -0.3 is 15.0 Å². The van der Waals surface area contributed by atoms with Crippen molar-refractivity contribution in [3.63, 3.8) is 0 Å². The highest BCUT2D eigenvalue weighted by Crippen LogP contribution is 2.18. The van der Waals surface area contributed by atoms with Gasteiger partial charge in [0.25, 0.3) is 0 Å². The minimum atomic E-state index is -0.452. The number of aromatic nitrogens is 1. The SMILES string of the molecule is O=C(Nc1ccccc1F)N(Cc1ccncc1)C[C@@H]1CCCO1. The second-order valence-corrected chi connectivity index (χ2v) is 5.78. The lowest BCUT2D eigenvalue weighted by molar-refractivity contribution is 0.0819. The van der Waals surface area contributed by atoms with E-state index in [0.717, 1.165) is 25.0 Å². The van der Waals surface area contributed by atoms with Crippen LogP contribution in [0.1, 0.15) is 18.4 Å². The maximum absolute atomic E-state index is 13.8. The van der Waals surface area contributed by atoms with Crippen LogP contribution in [0.2, 0.25) is 0 Å². The molecule has 3 rings (SSSR count). The first-order chi connectivity index (χ1) is 11.7. The number of nitrogens with zero attached hydrogens (tertiary/aromatic N) is 2. The zero-order valence-electron chi connectivity index (χ0n) is 13.3. The second kappa shape index (κ2) is 7.88. The van der Waals surface area contributed by atoms with E-state index in [1.165, 1.54) is 6.07 Å². The third-order valence-corrected chi connectivity index (χ3v) is 3.97. The molecule has 126 valence electrons. The molecule has 0 aliphatic carbocycles. The lowest BCUT2D eigenvalue weighted by atomic mass is 10.2. The van der Waals surface area contributed by atoms with E-state index in [4.69, 9.17) is 4.74 Å². The second-order valence-electron chi connectivity index (χ2n) is 5.78. The van der Waals surface area contributed by atoms with Gasteiger partial charge in [0.2, 0.25) is 0 Å². The molecule has 1 aliphatic rings. The van der Waals surface area contributed by atoms with Crippen LogP contribution in [0.5, 0.6) is 0 Å². The van der Waals surface area contributed by atoms with Crippen molar-refractivity contribution in [3.8, 4) is 0 Å². The van der Waals surface area contributed by atoms with E-state index in [1.807, 2.05) is 12.1 Å². The summed E-state index contributed by atoms with van der Waals surface area (Å²) < 4.78 is 19.4. The zero-order chi connectivity index (χ0) is 16.8. The first kappa shape index (κ1) is 16.4. The van der Waals surface area contributed by atoms with Crippen molar-refractivity contribution in [2.75, 3.05) is 18.5 Å². The molecule has 0 bridgehead atoms. The van der Waals surface area contributed by atoms with Crippen LogP contribution in [0.15, 0.2) is 48.8 Å². The van der Waals surface area contributed by atoms with Crippen molar-refractivity contribution in [2.24, 2.45) is 0 Å². The molecule has 2 aromatic rings. The van der Waals surface area contributed by atoms with Crippen LogP contribution in [-0.2, 0) is 11.3 Å². The highest BCUT2D eigenvalue weighted by atomic mass is 19.1. The Kier molecular flexibility index (Phi) is 5.38. The van der Waals surface area contributed by atoms with E-state index in [-0.39, 0.29) is 17.8 Å². The Bertz CT molecular complexity index is 675. The Labute approximate surface area is 140 Å². The molecular weight excluding hydrogens is 309 g/mol. The Morgan fingerprint density at radius 3 is 2.79 bits per heavy atom. The summed E-state index contributed by atoms with van der Waals surface area (Å²) in [6.45, 7) is 1.62. The fourth-order valence-electron chi connectivity index (χ4n) is 2.72. The number of para-hydroxylation sites is 1. The molecule has 0 unspecified atom stereocenters. The van der Waals surface area contributed by atoms with E-state index in [1.54, 1.807) is 35.5 Å². The van der Waals surface area contributed by atoms with Crippen LogP contribution in [0.3, 0.4) is 0 Å². The summed E-state index contributed by atoms with van der Waals surface area (Å²) in [6.07, 6.45) is 5.34. The molecule has 5 nitrogen and oxygen atoms in total. The molecule has 2 heterocycles. The molecule has 1 atom stereocenters. The number of nitrogens with one attached hydrogen (secondary N) is 1. The van der Waals surface area contributed by atoms with Crippen molar-refractivity contribution in [2.45, 2.75) is 25.5 Å². The Hall–Kier alpha value is -2.47. The molecule has 1 N–H and O–H groups in total. The maximum atomic E-state index is 13.8. The number of pyridine rings is 1. The number of anilines is 1. The lowest BCUT2D eigenvalue weighted by Gasteiger charge is -2.26. The van der Waals surface area contributed by atoms with Crippen molar-refractivity contribution in [1.82, 2.24) is 9.88 Å². The fourth-order valence-corrected chi connectivity index (χ4v) is 2.72. The van der Waals surface area contributed by atoms with Gasteiger partial charge in [0.05, 0.1) is 11.8 Å². The lowest BCUT2D eigenvalue weighted by Crippen LogP contribution is -2.39. The third kappa shape index (κ3) is 4.29. The van der Waals surface area contributed by atoms with Crippen LogP contribution in [-0.4, -0.2) is 35.2 Å². The van der Waals surface area contributed by atoms with E-state index in [2.05, 4.69) is 10.3 Å². The van der Waals surface area contributed by atoms with E-state index in [0.29, 0.717) is 13.1 Å². The standard InChI is InChI=1S/C18H20FN3O2/c19-16-5-1-2-6-17(16)21-18(23)22(13-15-4-3-11-24-15)12-14-7-9-20-10-8-14/h1-2,5-10,15H,3-4,11-13H2,(H,21,23)/t15-/m0/s1. The number of hydrogen-bond acceptors (Lipinski definition) is 3. The summed E-state index contributed by atoms with van der Waals surface area (Å²) >= 11 is 0. The van der Waals surface area contributed by atoms with Gasteiger partial charge in [0, 0.05) is 32.1 Å². The van der Waals surface area contributed by atoms with E-state index < -0.39 is 5.82 Å². The molecule has 2 amide bonds. The van der Waals surface area contributed by atoms with Gasteiger partial charge in [0.15, 0.2) is 0 Å². The number of benzene rings is 1. The molecule has 6 heteroatoms. The predicted octanol–water partition coefficient (Wildman–Crippen LogP) is 3.43. The van der Waals surface area contributed by atoms with Crippen LogP contribution >= 0.6 is 0 Å². The molecule has 1 aromatic heterocycles. The van der Waals surface area contributed by atoms with Gasteiger partial charge in [-0.05, 0) is 42.7 Å². The summed E-state index contributed by atoms with van der Waals surface area (Å²) in [5.74, 6) is -0.452. The fraction of sp³-hybridized carbons (Fsp3) is 0.333. The number of ether oxygens (including phenoxy) is 1. The number of carbonyl (C=O) groups is 1. The topological polar surface area (TPSA) is 54.5 Å². The molecule has 0 saturated carbocycles. The number of hydrogen-bond donors (Lipinski definition) is 1. The van der Waals surface area contributed by atoms with E-state index >= 15 is 0 Å². The van der Waals surface area contributed by atoms with Crippen molar-refractivity contribution in [3.05, 3.63) is 60.2 Å². The van der Waals surface area contributed by atoms with Gasteiger partial charge in [-0.15, -0.1) is 0 Å². The number of carbonyl (C=O) groups excluding carboxylic acids is 1. The molecular formula is C18H20FN3O2. The van der Waals surface area contributed by atoms with Crippen LogP contribution < -0.4 is 5.32 Å². The number of rotatable bonds is 5. The van der Waals surface area contributed by atoms with Crippen molar-refractivity contribution < 1.29 is 13.9 Å². The minimum absolute atomic E-state index is 0.0261. The predicted molar refractivity (Wildman–Crippen MR) is 89.0 cm³/mol. The van der Waals surface area contributed by atoms with Crippen molar-refractivity contribution >= 4 is 11.7 Å². The zero-order valence-corrected chi connectivity index (χ0v) is 13.3. The first-order valence-electron chi connectivity index (χ1n) is 8.03. The molecule has 1 saturated heterocycles. The van der Waals surface area contributed by atoms with Gasteiger partial charge in [-0.25, -0.2) is 9.18 Å². The smallest absolute Gasteiger partial charge is 0.322 e. The molecule has 24 heavy (non-hydrogen) atoms. The summed E-state index contributed by atoms with van der Waals surface area (Å²) in [5, 5.41) is 2.65.